The minimum atomic E-state index is -0.202. The van der Waals surface area contributed by atoms with E-state index < -0.39 is 0 Å². The molecule has 15 heavy (non-hydrogen) atoms. The van der Waals surface area contributed by atoms with Crippen LogP contribution in [0.25, 0.3) is 0 Å². The molecule has 2 aliphatic heterocycles. The molecule has 0 radical (unpaired) electrons. The van der Waals surface area contributed by atoms with Crippen LogP contribution in [0, 0.1) is 0 Å². The van der Waals surface area contributed by atoms with Crippen LogP contribution in [-0.2, 0) is 0 Å². The van der Waals surface area contributed by atoms with Crippen molar-refractivity contribution in [2.45, 2.75) is 45.1 Å². The predicted molar refractivity (Wildman–Crippen MR) is 61.9 cm³/mol. The van der Waals surface area contributed by atoms with Crippen LogP contribution < -0.4 is 0 Å². The van der Waals surface area contributed by atoms with Crippen LogP contribution in [0.1, 0.15) is 39.0 Å². The van der Waals surface area contributed by atoms with Gasteiger partial charge in [0.25, 0.3) is 0 Å². The summed E-state index contributed by atoms with van der Waals surface area (Å²) in [5.41, 5.74) is 0. The summed E-state index contributed by atoms with van der Waals surface area (Å²) in [5.74, 6) is 1.37. The Hall–Kier alpha value is -0.410. The van der Waals surface area contributed by atoms with Gasteiger partial charge in [0.05, 0.1) is 13.1 Å². The van der Waals surface area contributed by atoms with Crippen LogP contribution in [0.5, 0.6) is 0 Å². The van der Waals surface area contributed by atoms with E-state index in [4.69, 9.17) is 4.99 Å². The Labute approximate surface area is 92.4 Å². The minimum absolute atomic E-state index is 0.202. The standard InChI is InChI=1S/C12H23N2O/c1-11(15)10-14-8-4-2-3-6-12(14)13-7-5-9-14/h11,15H,2-10H2,1H3/q+1. The molecule has 0 spiro atoms. The first-order valence-electron chi connectivity index (χ1n) is 6.31. The van der Waals surface area contributed by atoms with Gasteiger partial charge in [-0.2, -0.15) is 0 Å². The molecule has 3 nitrogen and oxygen atoms in total. The second kappa shape index (κ2) is 4.62. The molecular weight excluding hydrogens is 188 g/mol. The topological polar surface area (TPSA) is 32.6 Å². The Bertz CT molecular complexity index is 250. The van der Waals surface area contributed by atoms with E-state index >= 15 is 0 Å². The fraction of sp³-hybridized carbons (Fsp3) is 0.917. The molecule has 86 valence electrons. The maximum Gasteiger partial charge on any atom is 0.198 e. The molecule has 2 atom stereocenters. The fourth-order valence-corrected chi connectivity index (χ4v) is 3.09. The van der Waals surface area contributed by atoms with Crippen molar-refractivity contribution in [2.24, 2.45) is 4.99 Å². The Morgan fingerprint density at radius 2 is 2.07 bits per heavy atom. The molecule has 1 saturated heterocycles. The first kappa shape index (κ1) is 11.1. The normalized spacial score (nSPS) is 33.9. The van der Waals surface area contributed by atoms with E-state index in [1.165, 1.54) is 44.6 Å². The lowest BCUT2D eigenvalue weighted by atomic mass is 10.1. The molecule has 2 unspecified atom stereocenters. The maximum atomic E-state index is 9.66. The third-order valence-electron chi connectivity index (χ3n) is 3.69. The number of nitrogens with zero attached hydrogens (tertiary/aromatic N) is 2. The monoisotopic (exact) mass is 211 g/mol. The van der Waals surface area contributed by atoms with Gasteiger partial charge < -0.3 is 5.11 Å². The zero-order valence-electron chi connectivity index (χ0n) is 9.78. The summed E-state index contributed by atoms with van der Waals surface area (Å²) in [7, 11) is 0. The number of amidine groups is 1. The lowest BCUT2D eigenvalue weighted by molar-refractivity contribution is -0.848. The van der Waals surface area contributed by atoms with Gasteiger partial charge in [-0.3, -0.25) is 4.48 Å². The second-order valence-corrected chi connectivity index (χ2v) is 5.09. The number of rotatable bonds is 2. The zero-order valence-corrected chi connectivity index (χ0v) is 9.78. The molecule has 0 aromatic carbocycles. The fourth-order valence-electron chi connectivity index (χ4n) is 3.09. The molecule has 0 aromatic heterocycles. The van der Waals surface area contributed by atoms with Gasteiger partial charge in [-0.05, 0) is 26.2 Å². The summed E-state index contributed by atoms with van der Waals surface area (Å²) in [4.78, 5) is 4.71. The minimum Gasteiger partial charge on any atom is -0.388 e. The van der Waals surface area contributed by atoms with Crippen LogP contribution in [0.2, 0.25) is 0 Å². The number of quaternary nitrogens is 1. The van der Waals surface area contributed by atoms with E-state index in [-0.39, 0.29) is 6.10 Å². The van der Waals surface area contributed by atoms with Gasteiger partial charge in [-0.15, -0.1) is 0 Å². The van der Waals surface area contributed by atoms with Crippen molar-refractivity contribution in [3.63, 3.8) is 0 Å². The quantitative estimate of drug-likeness (QED) is 0.691. The highest BCUT2D eigenvalue weighted by Gasteiger charge is 2.37. The van der Waals surface area contributed by atoms with E-state index in [9.17, 15) is 5.11 Å². The molecule has 0 saturated carbocycles. The highest BCUT2D eigenvalue weighted by atomic mass is 16.3. The third-order valence-corrected chi connectivity index (χ3v) is 3.69. The largest absolute Gasteiger partial charge is 0.388 e. The van der Waals surface area contributed by atoms with Crippen LogP contribution in [-0.4, -0.2) is 47.7 Å². The van der Waals surface area contributed by atoms with E-state index in [0.717, 1.165) is 24.0 Å². The van der Waals surface area contributed by atoms with Gasteiger partial charge in [0.15, 0.2) is 5.84 Å². The van der Waals surface area contributed by atoms with Crippen molar-refractivity contribution in [1.82, 2.24) is 0 Å². The Morgan fingerprint density at radius 3 is 2.87 bits per heavy atom. The average Bonchev–Trinajstić information content (AvgIpc) is 2.38. The van der Waals surface area contributed by atoms with E-state index in [0.29, 0.717) is 0 Å². The van der Waals surface area contributed by atoms with Crippen molar-refractivity contribution in [3.05, 3.63) is 0 Å². The number of aliphatic hydroxyl groups is 1. The van der Waals surface area contributed by atoms with Crippen molar-refractivity contribution in [1.29, 1.82) is 0 Å². The molecule has 0 amide bonds. The molecule has 2 rings (SSSR count). The van der Waals surface area contributed by atoms with Crippen molar-refractivity contribution in [2.75, 3.05) is 26.2 Å². The summed E-state index contributed by atoms with van der Waals surface area (Å²) in [5, 5.41) is 9.66. The Kier molecular flexibility index (Phi) is 3.42. The number of hydrogen-bond acceptors (Lipinski definition) is 2. The smallest absolute Gasteiger partial charge is 0.198 e. The maximum absolute atomic E-state index is 9.66. The lowest BCUT2D eigenvalue weighted by Crippen LogP contribution is -2.58. The molecule has 3 heteroatoms. The van der Waals surface area contributed by atoms with Gasteiger partial charge in [-0.1, -0.05) is 0 Å². The predicted octanol–water partition coefficient (Wildman–Crippen LogP) is 1.56. The summed E-state index contributed by atoms with van der Waals surface area (Å²) < 4.78 is 0.998. The first-order valence-corrected chi connectivity index (χ1v) is 6.31. The Morgan fingerprint density at radius 1 is 1.27 bits per heavy atom. The van der Waals surface area contributed by atoms with Crippen LogP contribution in [0.3, 0.4) is 0 Å². The Balaban J connectivity index is 2.20. The SMILES string of the molecule is CC(O)C[N+]12CCCCCC1=NCCC2. The number of fused-ring (bicyclic) bond motifs is 1. The van der Waals surface area contributed by atoms with Crippen molar-refractivity contribution in [3.8, 4) is 0 Å². The molecule has 1 fully saturated rings. The lowest BCUT2D eigenvalue weighted by Gasteiger charge is -2.40. The van der Waals surface area contributed by atoms with Crippen LogP contribution in [0.4, 0.5) is 0 Å². The number of aliphatic hydroxyl groups excluding tert-OH is 1. The summed E-state index contributed by atoms with van der Waals surface area (Å²) in [6, 6.07) is 0. The zero-order chi connectivity index (χ0) is 10.7. The molecule has 0 aromatic rings. The molecule has 2 heterocycles. The van der Waals surface area contributed by atoms with E-state index in [1.807, 2.05) is 6.92 Å². The summed E-state index contributed by atoms with van der Waals surface area (Å²) in [6.45, 7) is 6.19. The first-order chi connectivity index (χ1) is 7.23. The number of hydrogen-bond donors (Lipinski definition) is 1. The summed E-state index contributed by atoms with van der Waals surface area (Å²) in [6.07, 6.45) is 6.07. The molecule has 2 aliphatic rings. The highest BCUT2D eigenvalue weighted by Crippen LogP contribution is 2.25. The molecular formula is C12H23N2O+. The molecule has 0 aliphatic carbocycles. The highest BCUT2D eigenvalue weighted by molar-refractivity contribution is 5.76. The third kappa shape index (κ3) is 2.40. The van der Waals surface area contributed by atoms with E-state index in [2.05, 4.69) is 0 Å². The van der Waals surface area contributed by atoms with Crippen LogP contribution in [0.15, 0.2) is 4.99 Å². The van der Waals surface area contributed by atoms with Crippen molar-refractivity contribution >= 4 is 5.84 Å². The van der Waals surface area contributed by atoms with E-state index in [1.54, 1.807) is 0 Å². The van der Waals surface area contributed by atoms with Gasteiger partial charge in [-0.25, -0.2) is 4.99 Å². The number of aliphatic imine (C=N–C) groups is 1. The van der Waals surface area contributed by atoms with Gasteiger partial charge in [0.2, 0.25) is 0 Å². The molecule has 1 N–H and O–H groups in total. The van der Waals surface area contributed by atoms with Gasteiger partial charge in [0.1, 0.15) is 12.6 Å². The summed E-state index contributed by atoms with van der Waals surface area (Å²) >= 11 is 0. The van der Waals surface area contributed by atoms with Gasteiger partial charge in [0, 0.05) is 19.4 Å². The van der Waals surface area contributed by atoms with Gasteiger partial charge >= 0.3 is 0 Å². The average molecular weight is 211 g/mol. The molecule has 0 bridgehead atoms. The van der Waals surface area contributed by atoms with Crippen LogP contribution >= 0.6 is 0 Å². The second-order valence-electron chi connectivity index (χ2n) is 5.09. The van der Waals surface area contributed by atoms with Crippen molar-refractivity contribution < 1.29 is 9.59 Å².